The predicted octanol–water partition coefficient (Wildman–Crippen LogP) is 2.48. The number of nitrogens with two attached hydrogens (primary N) is 1. The van der Waals surface area contributed by atoms with Crippen molar-refractivity contribution in [3.63, 3.8) is 0 Å². The molecule has 0 radical (unpaired) electrons. The van der Waals surface area contributed by atoms with Gasteiger partial charge >= 0.3 is 0 Å². The number of nitrogens with zero attached hydrogens (tertiary/aromatic N) is 2. The number of carbonyl (C=O) groups excluding carboxylic acids is 1. The van der Waals surface area contributed by atoms with Gasteiger partial charge in [0.05, 0.1) is 4.90 Å². The third-order valence-corrected chi connectivity index (χ3v) is 7.11. The summed E-state index contributed by atoms with van der Waals surface area (Å²) < 4.78 is 27.1. The minimum atomic E-state index is -3.53. The van der Waals surface area contributed by atoms with Crippen LogP contribution in [0.2, 0.25) is 0 Å². The fourth-order valence-electron chi connectivity index (χ4n) is 3.14. The van der Waals surface area contributed by atoms with Crippen LogP contribution in [0.3, 0.4) is 0 Å². The molecule has 1 aliphatic rings. The Bertz CT molecular complexity index is 688. The fraction of sp³-hybridized carbons (Fsp3) is 0.611. The largest absolute Gasteiger partial charge is 0.338 e. The lowest BCUT2D eigenvalue weighted by Gasteiger charge is -2.30. The van der Waals surface area contributed by atoms with Crippen LogP contribution in [-0.2, 0) is 10.0 Å². The molecular formula is C18H30ClN3O3S. The molecular weight excluding hydrogens is 374 g/mol. The van der Waals surface area contributed by atoms with E-state index < -0.39 is 10.0 Å². The van der Waals surface area contributed by atoms with E-state index in [-0.39, 0.29) is 35.3 Å². The van der Waals surface area contributed by atoms with E-state index in [0.717, 1.165) is 25.7 Å². The van der Waals surface area contributed by atoms with Crippen molar-refractivity contribution in [3.8, 4) is 0 Å². The molecule has 1 aromatic rings. The van der Waals surface area contributed by atoms with Crippen molar-refractivity contribution < 1.29 is 13.2 Å². The normalized spacial score (nSPS) is 16.8. The number of likely N-dealkylation sites (N-methyl/N-ethyl adjacent to an activating group) is 1. The Labute approximate surface area is 163 Å². The number of benzene rings is 1. The van der Waals surface area contributed by atoms with E-state index in [1.54, 1.807) is 31.1 Å². The standard InChI is InChI=1S/C18H29N3O3S.ClH/c1-14(13-19)20(2)18(22)15-9-11-17(12-10-15)25(23,24)21(3)16-7-5-4-6-8-16;/h9-12,14,16H,4-8,13,19H2,1-3H3;1H. The summed E-state index contributed by atoms with van der Waals surface area (Å²) in [5.41, 5.74) is 6.06. The van der Waals surface area contributed by atoms with Crippen LogP contribution in [0.15, 0.2) is 29.2 Å². The molecule has 1 aromatic carbocycles. The average Bonchev–Trinajstić information content (AvgIpc) is 2.66. The first kappa shape index (κ1) is 22.9. The quantitative estimate of drug-likeness (QED) is 0.790. The van der Waals surface area contributed by atoms with Gasteiger partial charge in [0.25, 0.3) is 5.91 Å². The molecule has 1 fully saturated rings. The van der Waals surface area contributed by atoms with Gasteiger partial charge in [0.2, 0.25) is 10.0 Å². The molecule has 1 aliphatic carbocycles. The Morgan fingerprint density at radius 2 is 1.69 bits per heavy atom. The summed E-state index contributed by atoms with van der Waals surface area (Å²) in [5, 5.41) is 0. The second-order valence-corrected chi connectivity index (χ2v) is 8.84. The highest BCUT2D eigenvalue weighted by atomic mass is 35.5. The third kappa shape index (κ3) is 4.97. The highest BCUT2D eigenvalue weighted by Crippen LogP contribution is 2.26. The molecule has 0 saturated heterocycles. The van der Waals surface area contributed by atoms with Gasteiger partial charge in [-0.1, -0.05) is 19.3 Å². The van der Waals surface area contributed by atoms with Gasteiger partial charge in [0.1, 0.15) is 0 Å². The Kier molecular flexibility index (Phi) is 8.53. The first-order chi connectivity index (χ1) is 11.8. The lowest BCUT2D eigenvalue weighted by atomic mass is 9.96. The number of hydrogen-bond donors (Lipinski definition) is 1. The minimum Gasteiger partial charge on any atom is -0.338 e. The maximum absolute atomic E-state index is 12.8. The topological polar surface area (TPSA) is 83.7 Å². The smallest absolute Gasteiger partial charge is 0.253 e. The molecule has 0 bridgehead atoms. The summed E-state index contributed by atoms with van der Waals surface area (Å²) in [5.74, 6) is -0.164. The first-order valence-corrected chi connectivity index (χ1v) is 10.3. The summed E-state index contributed by atoms with van der Waals surface area (Å²) >= 11 is 0. The van der Waals surface area contributed by atoms with Gasteiger partial charge < -0.3 is 10.6 Å². The van der Waals surface area contributed by atoms with Crippen LogP contribution < -0.4 is 5.73 Å². The van der Waals surface area contributed by atoms with Crippen molar-refractivity contribution in [1.82, 2.24) is 9.21 Å². The third-order valence-electron chi connectivity index (χ3n) is 5.19. The zero-order valence-electron chi connectivity index (χ0n) is 15.7. The fourth-order valence-corrected chi connectivity index (χ4v) is 4.55. The van der Waals surface area contributed by atoms with Gasteiger partial charge in [0.15, 0.2) is 0 Å². The Balaban J connectivity index is 0.00000338. The van der Waals surface area contributed by atoms with Gasteiger partial charge in [-0.25, -0.2) is 8.42 Å². The van der Waals surface area contributed by atoms with Gasteiger partial charge in [-0.05, 0) is 44.0 Å². The summed E-state index contributed by atoms with van der Waals surface area (Å²) in [4.78, 5) is 14.2. The predicted molar refractivity (Wildman–Crippen MR) is 106 cm³/mol. The first-order valence-electron chi connectivity index (χ1n) is 8.84. The van der Waals surface area contributed by atoms with E-state index in [9.17, 15) is 13.2 Å². The highest BCUT2D eigenvalue weighted by molar-refractivity contribution is 7.89. The van der Waals surface area contributed by atoms with Crippen molar-refractivity contribution in [2.45, 2.75) is 56.0 Å². The molecule has 1 atom stereocenters. The van der Waals surface area contributed by atoms with Crippen LogP contribution in [0.1, 0.15) is 49.4 Å². The SMILES string of the molecule is CC(CN)N(C)C(=O)c1ccc(S(=O)(=O)N(C)C2CCCCC2)cc1.Cl. The summed E-state index contributed by atoms with van der Waals surface area (Å²) in [6.45, 7) is 2.25. The Morgan fingerprint density at radius 1 is 1.15 bits per heavy atom. The monoisotopic (exact) mass is 403 g/mol. The molecule has 0 aliphatic heterocycles. The number of halogens is 1. The molecule has 0 aromatic heterocycles. The molecule has 8 heteroatoms. The van der Waals surface area contributed by atoms with Crippen LogP contribution >= 0.6 is 12.4 Å². The Morgan fingerprint density at radius 3 is 2.19 bits per heavy atom. The molecule has 148 valence electrons. The van der Waals surface area contributed by atoms with Gasteiger partial charge in [0, 0.05) is 38.3 Å². The number of amides is 1. The summed E-state index contributed by atoms with van der Waals surface area (Å²) in [7, 11) is -0.184. The second-order valence-electron chi connectivity index (χ2n) is 6.84. The zero-order chi connectivity index (χ0) is 18.6. The van der Waals surface area contributed by atoms with E-state index in [0.29, 0.717) is 12.1 Å². The number of sulfonamides is 1. The van der Waals surface area contributed by atoms with Crippen molar-refractivity contribution >= 4 is 28.3 Å². The van der Waals surface area contributed by atoms with Crippen LogP contribution in [-0.4, -0.2) is 56.3 Å². The summed E-state index contributed by atoms with van der Waals surface area (Å²) in [6.07, 6.45) is 5.14. The van der Waals surface area contributed by atoms with Crippen molar-refractivity contribution in [1.29, 1.82) is 0 Å². The van der Waals surface area contributed by atoms with E-state index in [1.807, 2.05) is 6.92 Å². The molecule has 0 heterocycles. The molecule has 2 rings (SSSR count). The zero-order valence-corrected chi connectivity index (χ0v) is 17.4. The Hall–Kier alpha value is -1.15. The molecule has 26 heavy (non-hydrogen) atoms. The number of carbonyl (C=O) groups is 1. The average molecular weight is 404 g/mol. The van der Waals surface area contributed by atoms with Crippen LogP contribution in [0.4, 0.5) is 0 Å². The minimum absolute atomic E-state index is 0. The van der Waals surface area contributed by atoms with Gasteiger partial charge in [-0.3, -0.25) is 4.79 Å². The molecule has 6 nitrogen and oxygen atoms in total. The molecule has 2 N–H and O–H groups in total. The van der Waals surface area contributed by atoms with Gasteiger partial charge in [-0.15, -0.1) is 12.4 Å². The van der Waals surface area contributed by atoms with E-state index in [1.165, 1.54) is 22.9 Å². The molecule has 1 amide bonds. The van der Waals surface area contributed by atoms with E-state index in [2.05, 4.69) is 0 Å². The number of rotatable bonds is 6. The molecule has 1 saturated carbocycles. The van der Waals surface area contributed by atoms with Gasteiger partial charge in [-0.2, -0.15) is 4.31 Å². The highest BCUT2D eigenvalue weighted by Gasteiger charge is 2.29. The maximum Gasteiger partial charge on any atom is 0.253 e. The van der Waals surface area contributed by atoms with Crippen LogP contribution in [0, 0.1) is 0 Å². The van der Waals surface area contributed by atoms with E-state index >= 15 is 0 Å². The molecule has 0 spiro atoms. The van der Waals surface area contributed by atoms with Crippen LogP contribution in [0.25, 0.3) is 0 Å². The maximum atomic E-state index is 12.8. The lowest BCUT2D eigenvalue weighted by molar-refractivity contribution is 0.0748. The van der Waals surface area contributed by atoms with Crippen molar-refractivity contribution in [2.75, 3.05) is 20.6 Å². The molecule has 1 unspecified atom stereocenters. The van der Waals surface area contributed by atoms with E-state index in [4.69, 9.17) is 5.73 Å². The lowest BCUT2D eigenvalue weighted by Crippen LogP contribution is -2.39. The second kappa shape index (κ2) is 9.69. The van der Waals surface area contributed by atoms with Crippen molar-refractivity contribution in [3.05, 3.63) is 29.8 Å². The van der Waals surface area contributed by atoms with Crippen molar-refractivity contribution in [2.24, 2.45) is 5.73 Å². The summed E-state index contributed by atoms with van der Waals surface area (Å²) in [6, 6.07) is 6.17. The number of hydrogen-bond acceptors (Lipinski definition) is 4. The van der Waals surface area contributed by atoms with Crippen LogP contribution in [0.5, 0.6) is 0 Å².